The standard InChI is InChI=1S/C11H9BrF2O2/c1-16-10(15)7-9(11(12,13)14)8-5-3-2-4-6-8/h2-7H,1H3/b9-7+. The van der Waals surface area contributed by atoms with Crippen molar-refractivity contribution in [2.45, 2.75) is 4.83 Å². The quantitative estimate of drug-likeness (QED) is 0.485. The van der Waals surface area contributed by atoms with Gasteiger partial charge in [0.25, 0.3) is 0 Å². The Morgan fingerprint density at radius 2 is 1.94 bits per heavy atom. The highest BCUT2D eigenvalue weighted by Gasteiger charge is 2.32. The van der Waals surface area contributed by atoms with E-state index in [0.29, 0.717) is 0 Å². The molecule has 0 saturated heterocycles. The van der Waals surface area contributed by atoms with Gasteiger partial charge in [0.05, 0.1) is 7.11 Å². The first-order chi connectivity index (χ1) is 7.45. The Morgan fingerprint density at radius 3 is 2.38 bits per heavy atom. The molecule has 0 unspecified atom stereocenters. The van der Waals surface area contributed by atoms with Gasteiger partial charge in [0.1, 0.15) is 0 Å². The molecule has 0 heterocycles. The summed E-state index contributed by atoms with van der Waals surface area (Å²) in [4.78, 5) is 7.71. The second-order valence-electron chi connectivity index (χ2n) is 2.94. The van der Waals surface area contributed by atoms with E-state index in [1.165, 1.54) is 12.1 Å². The maximum atomic E-state index is 13.2. The Bertz CT molecular complexity index is 396. The lowest BCUT2D eigenvalue weighted by Gasteiger charge is -2.13. The molecule has 0 aliphatic rings. The molecule has 1 rings (SSSR count). The smallest absolute Gasteiger partial charge is 0.331 e. The topological polar surface area (TPSA) is 26.3 Å². The number of carbonyl (C=O) groups is 1. The molecule has 5 heteroatoms. The van der Waals surface area contributed by atoms with Crippen molar-refractivity contribution < 1.29 is 18.3 Å². The molecule has 1 aromatic carbocycles. The van der Waals surface area contributed by atoms with Crippen molar-refractivity contribution in [3.05, 3.63) is 42.0 Å². The minimum atomic E-state index is -3.28. The first-order valence-corrected chi connectivity index (χ1v) is 5.16. The van der Waals surface area contributed by atoms with E-state index >= 15 is 0 Å². The Balaban J connectivity index is 3.18. The first kappa shape index (κ1) is 12.8. The molecule has 0 amide bonds. The molecule has 0 aromatic heterocycles. The van der Waals surface area contributed by atoms with Crippen molar-refractivity contribution in [3.8, 4) is 0 Å². The summed E-state index contributed by atoms with van der Waals surface area (Å²) in [5.74, 6) is -0.821. The van der Waals surface area contributed by atoms with Crippen LogP contribution in [0.3, 0.4) is 0 Å². The van der Waals surface area contributed by atoms with Crippen LogP contribution >= 0.6 is 15.9 Å². The molecule has 0 bridgehead atoms. The van der Waals surface area contributed by atoms with E-state index in [0.717, 1.165) is 13.2 Å². The van der Waals surface area contributed by atoms with E-state index in [1.54, 1.807) is 18.2 Å². The van der Waals surface area contributed by atoms with E-state index in [9.17, 15) is 13.6 Å². The Kier molecular flexibility index (Phi) is 4.18. The van der Waals surface area contributed by atoms with Crippen LogP contribution < -0.4 is 0 Å². The summed E-state index contributed by atoms with van der Waals surface area (Å²) in [5, 5.41) is 0. The highest BCUT2D eigenvalue weighted by molar-refractivity contribution is 9.10. The summed E-state index contributed by atoms with van der Waals surface area (Å²) >= 11 is 2.23. The largest absolute Gasteiger partial charge is 0.466 e. The number of rotatable bonds is 3. The summed E-state index contributed by atoms with van der Waals surface area (Å²) in [5.41, 5.74) is -0.172. The van der Waals surface area contributed by atoms with Crippen LogP contribution in [0.25, 0.3) is 5.57 Å². The maximum absolute atomic E-state index is 13.2. The number of halogens is 3. The fourth-order valence-electron chi connectivity index (χ4n) is 1.12. The average Bonchev–Trinajstić information content (AvgIpc) is 2.25. The molecule has 86 valence electrons. The fourth-order valence-corrected chi connectivity index (χ4v) is 1.47. The summed E-state index contributed by atoms with van der Waals surface area (Å²) in [6, 6.07) is 7.90. The lowest BCUT2D eigenvalue weighted by atomic mass is 10.1. The molecule has 0 fully saturated rings. The van der Waals surface area contributed by atoms with Crippen molar-refractivity contribution in [3.63, 3.8) is 0 Å². The highest BCUT2D eigenvalue weighted by atomic mass is 79.9. The van der Waals surface area contributed by atoms with Gasteiger partial charge in [-0.15, -0.1) is 0 Å². The van der Waals surface area contributed by atoms with Crippen molar-refractivity contribution in [2.24, 2.45) is 0 Å². The summed E-state index contributed by atoms with van der Waals surface area (Å²) in [7, 11) is 1.13. The lowest BCUT2D eigenvalue weighted by molar-refractivity contribution is -0.134. The zero-order valence-electron chi connectivity index (χ0n) is 8.41. The zero-order chi connectivity index (χ0) is 12.2. The molecule has 0 atom stereocenters. The third-order valence-electron chi connectivity index (χ3n) is 1.85. The molecule has 0 radical (unpaired) electrons. The number of hydrogen-bond acceptors (Lipinski definition) is 2. The van der Waals surface area contributed by atoms with Gasteiger partial charge in [-0.2, -0.15) is 8.78 Å². The lowest BCUT2D eigenvalue weighted by Crippen LogP contribution is -2.11. The van der Waals surface area contributed by atoms with Gasteiger partial charge in [-0.1, -0.05) is 30.3 Å². The normalized spacial score (nSPS) is 12.4. The van der Waals surface area contributed by atoms with Crippen LogP contribution in [0.15, 0.2) is 36.4 Å². The summed E-state index contributed by atoms with van der Waals surface area (Å²) in [6.07, 6.45) is 0.768. The van der Waals surface area contributed by atoms with Gasteiger partial charge in [-0.25, -0.2) is 4.79 Å². The number of allylic oxidation sites excluding steroid dienone is 1. The van der Waals surface area contributed by atoms with Gasteiger partial charge in [-0.05, 0) is 21.5 Å². The average molecular weight is 291 g/mol. The van der Waals surface area contributed by atoms with Crippen LogP contribution in [-0.4, -0.2) is 17.9 Å². The predicted octanol–water partition coefficient (Wildman–Crippen LogP) is 3.23. The molecule has 0 N–H and O–H groups in total. The van der Waals surface area contributed by atoms with Crippen LogP contribution in [0.4, 0.5) is 8.78 Å². The number of methoxy groups -OCH3 is 1. The fraction of sp³-hybridized carbons (Fsp3) is 0.182. The van der Waals surface area contributed by atoms with E-state index in [4.69, 9.17) is 0 Å². The number of hydrogen-bond donors (Lipinski definition) is 0. The number of alkyl halides is 3. The van der Waals surface area contributed by atoms with Crippen molar-refractivity contribution >= 4 is 27.5 Å². The third kappa shape index (κ3) is 3.41. The van der Waals surface area contributed by atoms with Gasteiger partial charge in [-0.3, -0.25) is 0 Å². The van der Waals surface area contributed by atoms with Gasteiger partial charge in [0.2, 0.25) is 0 Å². The molecule has 0 aliphatic carbocycles. The van der Waals surface area contributed by atoms with Crippen LogP contribution in [0.2, 0.25) is 0 Å². The molecular weight excluding hydrogens is 282 g/mol. The second-order valence-corrected chi connectivity index (χ2v) is 3.94. The van der Waals surface area contributed by atoms with Gasteiger partial charge >= 0.3 is 10.8 Å². The molecule has 16 heavy (non-hydrogen) atoms. The Labute approximate surface area is 100 Å². The van der Waals surface area contributed by atoms with Crippen molar-refractivity contribution in [1.29, 1.82) is 0 Å². The molecule has 0 saturated carbocycles. The number of carbonyl (C=O) groups excluding carboxylic acids is 1. The van der Waals surface area contributed by atoms with E-state index in [2.05, 4.69) is 20.7 Å². The van der Waals surface area contributed by atoms with Crippen LogP contribution in [0.1, 0.15) is 5.56 Å². The minimum absolute atomic E-state index is 0.259. The van der Waals surface area contributed by atoms with Crippen molar-refractivity contribution in [1.82, 2.24) is 0 Å². The van der Waals surface area contributed by atoms with E-state index < -0.39 is 16.4 Å². The molecular formula is C11H9BrF2O2. The third-order valence-corrected chi connectivity index (χ3v) is 2.28. The van der Waals surface area contributed by atoms with Gasteiger partial charge < -0.3 is 4.74 Å². The molecule has 0 aliphatic heterocycles. The van der Waals surface area contributed by atoms with Crippen LogP contribution in [0, 0.1) is 0 Å². The monoisotopic (exact) mass is 290 g/mol. The predicted molar refractivity (Wildman–Crippen MR) is 60.3 cm³/mol. The maximum Gasteiger partial charge on any atom is 0.331 e. The van der Waals surface area contributed by atoms with Gasteiger partial charge in [0, 0.05) is 11.6 Å². The minimum Gasteiger partial charge on any atom is -0.466 e. The number of esters is 1. The van der Waals surface area contributed by atoms with Crippen LogP contribution in [-0.2, 0) is 9.53 Å². The molecule has 0 spiro atoms. The summed E-state index contributed by atoms with van der Waals surface area (Å²) in [6.45, 7) is 0. The van der Waals surface area contributed by atoms with Gasteiger partial charge in [0.15, 0.2) is 0 Å². The van der Waals surface area contributed by atoms with Crippen LogP contribution in [0.5, 0.6) is 0 Å². The van der Waals surface area contributed by atoms with E-state index in [-0.39, 0.29) is 5.56 Å². The Morgan fingerprint density at radius 1 is 1.38 bits per heavy atom. The van der Waals surface area contributed by atoms with Crippen molar-refractivity contribution in [2.75, 3.05) is 7.11 Å². The number of benzene rings is 1. The molecule has 2 nitrogen and oxygen atoms in total. The SMILES string of the molecule is COC(=O)/C=C(\c1ccccc1)C(F)(F)Br. The highest BCUT2D eigenvalue weighted by Crippen LogP contribution is 2.37. The molecule has 1 aromatic rings. The van der Waals surface area contributed by atoms with E-state index in [1.807, 2.05) is 0 Å². The number of ether oxygens (including phenoxy) is 1. The first-order valence-electron chi connectivity index (χ1n) is 4.37. The summed E-state index contributed by atoms with van der Waals surface area (Å²) < 4.78 is 30.7. The second kappa shape index (κ2) is 5.21. The Hall–Kier alpha value is -1.23. The zero-order valence-corrected chi connectivity index (χ0v) is 10.0.